The Kier molecular flexibility index (Phi) is 4.24. The Morgan fingerprint density at radius 1 is 1.22 bits per heavy atom. The Balaban J connectivity index is 2.11. The summed E-state index contributed by atoms with van der Waals surface area (Å²) in [6, 6.07) is 7.97. The molecule has 0 atom stereocenters. The molecular formula is C13H12Br2N2O. The van der Waals surface area contributed by atoms with Crippen molar-refractivity contribution >= 4 is 37.5 Å². The number of hydrogen-bond acceptors (Lipinski definition) is 3. The van der Waals surface area contributed by atoms with E-state index in [1.54, 1.807) is 6.20 Å². The quantitative estimate of drug-likeness (QED) is 0.884. The van der Waals surface area contributed by atoms with Crippen molar-refractivity contribution in [3.63, 3.8) is 0 Å². The summed E-state index contributed by atoms with van der Waals surface area (Å²) in [7, 11) is 0. The van der Waals surface area contributed by atoms with Gasteiger partial charge in [-0.2, -0.15) is 0 Å². The summed E-state index contributed by atoms with van der Waals surface area (Å²) in [4.78, 5) is 4.17. The van der Waals surface area contributed by atoms with Crippen molar-refractivity contribution in [3.8, 4) is 5.88 Å². The average molecular weight is 372 g/mol. The first-order valence-corrected chi connectivity index (χ1v) is 6.94. The van der Waals surface area contributed by atoms with E-state index in [1.165, 1.54) is 0 Å². The van der Waals surface area contributed by atoms with Crippen LogP contribution in [-0.2, 0) is 6.61 Å². The number of halogens is 2. The van der Waals surface area contributed by atoms with Gasteiger partial charge < -0.3 is 10.5 Å². The van der Waals surface area contributed by atoms with Crippen molar-refractivity contribution in [2.45, 2.75) is 13.5 Å². The van der Waals surface area contributed by atoms with Gasteiger partial charge in [0.1, 0.15) is 6.61 Å². The normalized spacial score (nSPS) is 10.4. The van der Waals surface area contributed by atoms with E-state index in [0.717, 1.165) is 20.1 Å². The Labute approximate surface area is 123 Å². The van der Waals surface area contributed by atoms with Crippen LogP contribution in [0.5, 0.6) is 5.88 Å². The maximum absolute atomic E-state index is 5.76. The lowest BCUT2D eigenvalue weighted by Gasteiger charge is -2.10. The SMILES string of the molecule is Cc1c(N)cnc(OCc2ccc(Br)cc2)c1Br. The highest BCUT2D eigenvalue weighted by Gasteiger charge is 2.08. The summed E-state index contributed by atoms with van der Waals surface area (Å²) in [5, 5.41) is 0. The van der Waals surface area contributed by atoms with E-state index in [9.17, 15) is 0 Å². The van der Waals surface area contributed by atoms with Gasteiger partial charge in [-0.25, -0.2) is 4.98 Å². The van der Waals surface area contributed by atoms with E-state index in [-0.39, 0.29) is 0 Å². The Bertz CT molecular complexity index is 556. The van der Waals surface area contributed by atoms with Gasteiger partial charge in [-0.3, -0.25) is 0 Å². The zero-order valence-corrected chi connectivity index (χ0v) is 13.0. The number of nitrogens with two attached hydrogens (primary N) is 1. The molecule has 5 heteroatoms. The van der Waals surface area contributed by atoms with Gasteiger partial charge in [0.05, 0.1) is 16.4 Å². The van der Waals surface area contributed by atoms with Crippen molar-refractivity contribution in [1.29, 1.82) is 0 Å². The van der Waals surface area contributed by atoms with E-state index < -0.39 is 0 Å². The number of ether oxygens (including phenoxy) is 1. The standard InChI is InChI=1S/C13H12Br2N2O/c1-8-11(16)6-17-13(12(8)15)18-7-9-2-4-10(14)5-3-9/h2-6H,7,16H2,1H3. The average Bonchev–Trinajstić information content (AvgIpc) is 2.37. The minimum absolute atomic E-state index is 0.474. The summed E-state index contributed by atoms with van der Waals surface area (Å²) in [6.45, 7) is 2.40. The third kappa shape index (κ3) is 3.03. The number of anilines is 1. The predicted octanol–water partition coefficient (Wildman–Crippen LogP) is 4.08. The first-order valence-electron chi connectivity index (χ1n) is 5.35. The second-order valence-corrected chi connectivity index (χ2v) is 5.58. The fourth-order valence-electron chi connectivity index (χ4n) is 1.40. The molecule has 2 aromatic rings. The molecule has 18 heavy (non-hydrogen) atoms. The smallest absolute Gasteiger partial charge is 0.228 e. The summed E-state index contributed by atoms with van der Waals surface area (Å²) < 4.78 is 7.52. The maximum Gasteiger partial charge on any atom is 0.228 e. The molecule has 3 nitrogen and oxygen atoms in total. The van der Waals surface area contributed by atoms with Crippen molar-refractivity contribution in [1.82, 2.24) is 4.98 Å². The van der Waals surface area contributed by atoms with Gasteiger partial charge in [0.15, 0.2) is 0 Å². The number of rotatable bonds is 3. The molecule has 2 rings (SSSR count). The number of aromatic nitrogens is 1. The molecule has 2 N–H and O–H groups in total. The van der Waals surface area contributed by atoms with E-state index in [1.807, 2.05) is 31.2 Å². The van der Waals surface area contributed by atoms with Gasteiger partial charge >= 0.3 is 0 Å². The van der Waals surface area contributed by atoms with Crippen LogP contribution in [-0.4, -0.2) is 4.98 Å². The van der Waals surface area contributed by atoms with Gasteiger partial charge in [0.2, 0.25) is 5.88 Å². The molecule has 0 bridgehead atoms. The predicted molar refractivity (Wildman–Crippen MR) is 79.6 cm³/mol. The highest BCUT2D eigenvalue weighted by Crippen LogP contribution is 2.29. The van der Waals surface area contributed by atoms with Crippen LogP contribution < -0.4 is 10.5 Å². The first kappa shape index (κ1) is 13.4. The van der Waals surface area contributed by atoms with Crippen LogP contribution in [0.25, 0.3) is 0 Å². The number of nitrogen functional groups attached to an aromatic ring is 1. The molecule has 94 valence electrons. The maximum atomic E-state index is 5.76. The highest BCUT2D eigenvalue weighted by molar-refractivity contribution is 9.10. The molecule has 1 aromatic carbocycles. The monoisotopic (exact) mass is 370 g/mol. The Morgan fingerprint density at radius 2 is 1.89 bits per heavy atom. The Morgan fingerprint density at radius 3 is 2.56 bits per heavy atom. The van der Waals surface area contributed by atoms with Gasteiger partial charge in [-0.1, -0.05) is 28.1 Å². The van der Waals surface area contributed by atoms with Crippen molar-refractivity contribution in [2.24, 2.45) is 0 Å². The molecule has 0 aliphatic heterocycles. The Hall–Kier alpha value is -1.07. The molecule has 0 saturated carbocycles. The molecule has 0 aliphatic carbocycles. The van der Waals surface area contributed by atoms with Gasteiger partial charge in [-0.05, 0) is 46.1 Å². The number of pyridine rings is 1. The van der Waals surface area contributed by atoms with Gasteiger partial charge in [-0.15, -0.1) is 0 Å². The fraction of sp³-hybridized carbons (Fsp3) is 0.154. The molecule has 1 heterocycles. The van der Waals surface area contributed by atoms with Crippen LogP contribution in [0.2, 0.25) is 0 Å². The summed E-state index contributed by atoms with van der Waals surface area (Å²) in [6.07, 6.45) is 1.61. The van der Waals surface area contributed by atoms with Crippen molar-refractivity contribution in [3.05, 3.63) is 50.5 Å². The van der Waals surface area contributed by atoms with E-state index >= 15 is 0 Å². The number of benzene rings is 1. The largest absolute Gasteiger partial charge is 0.472 e. The lowest BCUT2D eigenvalue weighted by atomic mass is 10.2. The summed E-state index contributed by atoms with van der Waals surface area (Å²) in [5.41, 5.74) is 8.44. The zero-order valence-electron chi connectivity index (χ0n) is 9.78. The first-order chi connectivity index (χ1) is 8.58. The third-order valence-electron chi connectivity index (χ3n) is 2.56. The molecule has 0 aliphatic rings. The number of nitrogens with zero attached hydrogens (tertiary/aromatic N) is 1. The van der Waals surface area contributed by atoms with Crippen LogP contribution in [0.3, 0.4) is 0 Å². The van der Waals surface area contributed by atoms with Gasteiger partial charge in [0, 0.05) is 4.47 Å². The number of hydrogen-bond donors (Lipinski definition) is 1. The minimum Gasteiger partial charge on any atom is -0.472 e. The molecular weight excluding hydrogens is 360 g/mol. The van der Waals surface area contributed by atoms with Crippen molar-refractivity contribution in [2.75, 3.05) is 5.73 Å². The minimum atomic E-state index is 0.474. The van der Waals surface area contributed by atoms with Crippen LogP contribution in [0.4, 0.5) is 5.69 Å². The third-order valence-corrected chi connectivity index (χ3v) is 4.02. The second-order valence-electron chi connectivity index (χ2n) is 3.87. The molecule has 0 saturated heterocycles. The van der Waals surface area contributed by atoms with E-state index in [2.05, 4.69) is 36.8 Å². The molecule has 0 amide bonds. The zero-order chi connectivity index (χ0) is 13.1. The lowest BCUT2D eigenvalue weighted by Crippen LogP contribution is -2.00. The molecule has 0 unspecified atom stereocenters. The summed E-state index contributed by atoms with van der Waals surface area (Å²) in [5.74, 6) is 0.560. The highest BCUT2D eigenvalue weighted by atomic mass is 79.9. The van der Waals surface area contributed by atoms with Crippen molar-refractivity contribution < 1.29 is 4.74 Å². The molecule has 0 spiro atoms. The van der Waals surface area contributed by atoms with Gasteiger partial charge in [0.25, 0.3) is 0 Å². The fourth-order valence-corrected chi connectivity index (χ4v) is 2.11. The van der Waals surface area contributed by atoms with E-state index in [4.69, 9.17) is 10.5 Å². The van der Waals surface area contributed by atoms with Crippen LogP contribution in [0.15, 0.2) is 39.4 Å². The molecule has 0 fully saturated rings. The van der Waals surface area contributed by atoms with E-state index in [0.29, 0.717) is 18.2 Å². The molecule has 0 radical (unpaired) electrons. The lowest BCUT2D eigenvalue weighted by molar-refractivity contribution is 0.291. The van der Waals surface area contributed by atoms with Crippen LogP contribution in [0.1, 0.15) is 11.1 Å². The topological polar surface area (TPSA) is 48.1 Å². The van der Waals surface area contributed by atoms with Crippen LogP contribution in [0, 0.1) is 6.92 Å². The second kappa shape index (κ2) is 5.71. The molecule has 1 aromatic heterocycles. The summed E-state index contributed by atoms with van der Waals surface area (Å²) >= 11 is 6.84. The van der Waals surface area contributed by atoms with Crippen LogP contribution >= 0.6 is 31.9 Å².